The zero-order valence-corrected chi connectivity index (χ0v) is 9.83. The molecule has 4 nitrogen and oxygen atoms in total. The minimum atomic E-state index is 0.0401. The fourth-order valence-electron chi connectivity index (χ4n) is 2.38. The molecule has 0 aromatic carbocycles. The average Bonchev–Trinajstić information content (AvgIpc) is 2.58. The molecule has 0 aliphatic carbocycles. The van der Waals surface area contributed by atoms with Crippen LogP contribution < -0.4 is 10.6 Å². The molecule has 1 aliphatic rings. The van der Waals surface area contributed by atoms with E-state index < -0.39 is 0 Å². The van der Waals surface area contributed by atoms with Gasteiger partial charge in [0.25, 0.3) is 0 Å². The topological polar surface area (TPSA) is 66.0 Å². The number of pyridine rings is 1. The molecule has 0 amide bonds. The Morgan fingerprint density at radius 3 is 2.88 bits per heavy atom. The lowest BCUT2D eigenvalue weighted by Crippen LogP contribution is -2.39. The lowest BCUT2D eigenvalue weighted by Gasteiger charge is -2.34. The normalized spacial score (nSPS) is 18.8. The van der Waals surface area contributed by atoms with Crippen LogP contribution in [0.1, 0.15) is 32.4 Å². The van der Waals surface area contributed by atoms with E-state index in [0.717, 1.165) is 12.2 Å². The lowest BCUT2D eigenvalue weighted by molar-refractivity contribution is 0.517. The predicted octanol–water partition coefficient (Wildman–Crippen LogP) is 1.74. The first kappa shape index (κ1) is 10.9. The number of rotatable bonds is 2. The van der Waals surface area contributed by atoms with E-state index in [0.29, 0.717) is 5.69 Å². The maximum absolute atomic E-state index is 7.56. The Bertz CT molecular complexity index is 411. The summed E-state index contributed by atoms with van der Waals surface area (Å²) in [4.78, 5) is 6.50. The fraction of sp³-hybridized carbons (Fsp3) is 0.500. The predicted molar refractivity (Wildman–Crippen MR) is 65.9 cm³/mol. The second-order valence-corrected chi connectivity index (χ2v) is 4.85. The highest BCUT2D eigenvalue weighted by molar-refractivity contribution is 5.98. The molecule has 3 N–H and O–H groups in total. The molecule has 2 heterocycles. The van der Waals surface area contributed by atoms with Crippen molar-refractivity contribution in [1.82, 2.24) is 4.98 Å². The minimum absolute atomic E-state index is 0.0401. The van der Waals surface area contributed by atoms with Gasteiger partial charge in [-0.1, -0.05) is 0 Å². The van der Waals surface area contributed by atoms with Gasteiger partial charge in [0.05, 0.1) is 5.69 Å². The monoisotopic (exact) mass is 218 g/mol. The summed E-state index contributed by atoms with van der Waals surface area (Å²) in [6, 6.07) is 3.90. The Labute approximate surface area is 96.0 Å². The molecular weight excluding hydrogens is 200 g/mol. The molecule has 1 aromatic heterocycles. The average molecular weight is 218 g/mol. The standard InChI is InChI=1S/C12H18N4/c1-12(2)6-4-8-16(12)9-5-3-7-15-10(9)11(13)14/h3,5,7H,4,6,8H2,1-2H3,(H3,13,14). The highest BCUT2D eigenvalue weighted by Crippen LogP contribution is 2.34. The van der Waals surface area contributed by atoms with Gasteiger partial charge in [-0.25, -0.2) is 0 Å². The Morgan fingerprint density at radius 1 is 1.56 bits per heavy atom. The van der Waals surface area contributed by atoms with E-state index in [9.17, 15) is 0 Å². The highest BCUT2D eigenvalue weighted by Gasteiger charge is 2.33. The molecule has 1 saturated heterocycles. The lowest BCUT2D eigenvalue weighted by atomic mass is 10.0. The summed E-state index contributed by atoms with van der Waals surface area (Å²) in [7, 11) is 0. The third-order valence-corrected chi connectivity index (χ3v) is 3.23. The summed E-state index contributed by atoms with van der Waals surface area (Å²) in [6.45, 7) is 5.45. The van der Waals surface area contributed by atoms with Crippen molar-refractivity contribution >= 4 is 11.5 Å². The van der Waals surface area contributed by atoms with Gasteiger partial charge in [0.2, 0.25) is 0 Å². The van der Waals surface area contributed by atoms with E-state index >= 15 is 0 Å². The van der Waals surface area contributed by atoms with Crippen LogP contribution in [0.3, 0.4) is 0 Å². The number of amidine groups is 1. The van der Waals surface area contributed by atoms with Crippen LogP contribution in [0.4, 0.5) is 5.69 Å². The first-order valence-corrected chi connectivity index (χ1v) is 5.59. The maximum Gasteiger partial charge on any atom is 0.143 e. The molecule has 1 aromatic rings. The van der Waals surface area contributed by atoms with Crippen molar-refractivity contribution in [2.45, 2.75) is 32.2 Å². The molecule has 2 rings (SSSR count). The van der Waals surface area contributed by atoms with Crippen LogP contribution in [0.25, 0.3) is 0 Å². The van der Waals surface area contributed by atoms with Crippen LogP contribution in [0.2, 0.25) is 0 Å². The van der Waals surface area contributed by atoms with Crippen LogP contribution in [-0.4, -0.2) is 22.9 Å². The van der Waals surface area contributed by atoms with Crippen molar-refractivity contribution in [2.75, 3.05) is 11.4 Å². The van der Waals surface area contributed by atoms with Gasteiger partial charge in [0.15, 0.2) is 0 Å². The maximum atomic E-state index is 7.56. The molecule has 1 fully saturated rings. The zero-order valence-electron chi connectivity index (χ0n) is 9.83. The Balaban J connectivity index is 2.44. The zero-order chi connectivity index (χ0) is 11.8. The quantitative estimate of drug-likeness (QED) is 0.587. The number of nitrogen functional groups attached to an aromatic ring is 1. The molecule has 0 saturated carbocycles. The van der Waals surface area contributed by atoms with Crippen molar-refractivity contribution in [3.63, 3.8) is 0 Å². The number of nitrogens with one attached hydrogen (secondary N) is 1. The number of nitrogens with zero attached hydrogens (tertiary/aromatic N) is 2. The molecule has 0 atom stereocenters. The molecule has 0 spiro atoms. The Morgan fingerprint density at radius 2 is 2.31 bits per heavy atom. The molecule has 16 heavy (non-hydrogen) atoms. The van der Waals surface area contributed by atoms with Gasteiger partial charge in [0, 0.05) is 18.3 Å². The number of anilines is 1. The molecule has 4 heteroatoms. The van der Waals surface area contributed by atoms with Gasteiger partial charge >= 0.3 is 0 Å². The fourth-order valence-corrected chi connectivity index (χ4v) is 2.38. The van der Waals surface area contributed by atoms with Crippen molar-refractivity contribution < 1.29 is 0 Å². The largest absolute Gasteiger partial charge is 0.382 e. The van der Waals surface area contributed by atoms with E-state index in [1.165, 1.54) is 12.8 Å². The molecule has 0 unspecified atom stereocenters. The van der Waals surface area contributed by atoms with Crippen LogP contribution in [-0.2, 0) is 0 Å². The third kappa shape index (κ3) is 1.75. The number of aromatic nitrogens is 1. The summed E-state index contributed by atoms with van der Waals surface area (Å²) in [5.41, 5.74) is 7.28. The van der Waals surface area contributed by atoms with Crippen LogP contribution >= 0.6 is 0 Å². The van der Waals surface area contributed by atoms with Crippen molar-refractivity contribution in [1.29, 1.82) is 5.41 Å². The summed E-state index contributed by atoms with van der Waals surface area (Å²) in [6.07, 6.45) is 4.03. The van der Waals surface area contributed by atoms with Gasteiger partial charge in [-0.3, -0.25) is 10.4 Å². The van der Waals surface area contributed by atoms with Gasteiger partial charge in [-0.05, 0) is 38.8 Å². The molecule has 0 radical (unpaired) electrons. The van der Waals surface area contributed by atoms with Crippen LogP contribution in [0.15, 0.2) is 18.3 Å². The van der Waals surface area contributed by atoms with Crippen molar-refractivity contribution in [3.05, 3.63) is 24.0 Å². The third-order valence-electron chi connectivity index (χ3n) is 3.23. The summed E-state index contributed by atoms with van der Waals surface area (Å²) in [5.74, 6) is 0.0401. The SMILES string of the molecule is CC1(C)CCCN1c1cccnc1C(=N)N. The van der Waals surface area contributed by atoms with Crippen LogP contribution in [0, 0.1) is 5.41 Å². The van der Waals surface area contributed by atoms with Gasteiger partial charge in [-0.2, -0.15) is 0 Å². The van der Waals surface area contributed by atoms with E-state index in [2.05, 4.69) is 23.7 Å². The van der Waals surface area contributed by atoms with Gasteiger partial charge in [-0.15, -0.1) is 0 Å². The summed E-state index contributed by atoms with van der Waals surface area (Å²) < 4.78 is 0. The van der Waals surface area contributed by atoms with Gasteiger partial charge in [0.1, 0.15) is 11.5 Å². The van der Waals surface area contributed by atoms with E-state index in [4.69, 9.17) is 11.1 Å². The Kier molecular flexibility index (Phi) is 2.58. The first-order chi connectivity index (χ1) is 7.52. The smallest absolute Gasteiger partial charge is 0.143 e. The van der Waals surface area contributed by atoms with Crippen LogP contribution in [0.5, 0.6) is 0 Å². The highest BCUT2D eigenvalue weighted by atomic mass is 15.2. The second-order valence-electron chi connectivity index (χ2n) is 4.85. The first-order valence-electron chi connectivity index (χ1n) is 5.59. The molecule has 0 bridgehead atoms. The minimum Gasteiger partial charge on any atom is -0.382 e. The Hall–Kier alpha value is -1.58. The van der Waals surface area contributed by atoms with Crippen molar-refractivity contribution in [3.8, 4) is 0 Å². The van der Waals surface area contributed by atoms with E-state index in [1.807, 2.05) is 12.1 Å². The number of hydrogen-bond acceptors (Lipinski definition) is 3. The number of hydrogen-bond donors (Lipinski definition) is 2. The number of nitrogens with two attached hydrogens (primary N) is 1. The summed E-state index contributed by atoms with van der Waals surface area (Å²) >= 11 is 0. The van der Waals surface area contributed by atoms with Crippen molar-refractivity contribution in [2.24, 2.45) is 5.73 Å². The van der Waals surface area contributed by atoms with Gasteiger partial charge < -0.3 is 10.6 Å². The van der Waals surface area contributed by atoms with E-state index in [-0.39, 0.29) is 11.4 Å². The molecular formula is C12H18N4. The summed E-state index contributed by atoms with van der Waals surface area (Å²) in [5, 5.41) is 7.56. The van der Waals surface area contributed by atoms with E-state index in [1.54, 1.807) is 6.20 Å². The molecule has 86 valence electrons. The molecule has 1 aliphatic heterocycles. The second kappa shape index (κ2) is 3.77.